The van der Waals surface area contributed by atoms with Crippen LogP contribution in [0.1, 0.15) is 26.3 Å². The Balaban J connectivity index is 2.37. The van der Waals surface area contributed by atoms with Crippen molar-refractivity contribution in [1.82, 2.24) is 4.98 Å². The second kappa shape index (κ2) is 9.21. The summed E-state index contributed by atoms with van der Waals surface area (Å²) in [7, 11) is -3.83. The van der Waals surface area contributed by atoms with Crippen LogP contribution in [0.3, 0.4) is 0 Å². The molecule has 1 atom stereocenters. The predicted octanol–water partition coefficient (Wildman–Crippen LogP) is 1.99. The molecule has 0 saturated carbocycles. The van der Waals surface area contributed by atoms with Gasteiger partial charge < -0.3 is 14.5 Å². The van der Waals surface area contributed by atoms with Crippen LogP contribution in [0.15, 0.2) is 34.0 Å². The molecule has 2 rings (SSSR count). The third-order valence-electron chi connectivity index (χ3n) is 4.51. The number of fused-ring (bicyclic) bond motifs is 1. The number of nitrogens with one attached hydrogen (secondary N) is 1. The minimum Gasteiger partial charge on any atom is -0.465 e. The van der Waals surface area contributed by atoms with E-state index in [0.717, 1.165) is 0 Å². The van der Waals surface area contributed by atoms with E-state index in [1.54, 1.807) is 20.8 Å². The fourth-order valence-corrected chi connectivity index (χ4v) is 4.81. The summed E-state index contributed by atoms with van der Waals surface area (Å²) < 4.78 is 35.8. The number of aromatic nitrogens is 1. The van der Waals surface area contributed by atoms with Gasteiger partial charge in [-0.25, -0.2) is 8.42 Å². The second-order valence-corrected chi connectivity index (χ2v) is 8.80. The van der Waals surface area contributed by atoms with Crippen LogP contribution in [0.25, 0.3) is 10.9 Å². The molecule has 1 N–H and O–H groups in total. The van der Waals surface area contributed by atoms with E-state index in [4.69, 9.17) is 9.47 Å². The van der Waals surface area contributed by atoms with E-state index >= 15 is 0 Å². The van der Waals surface area contributed by atoms with Gasteiger partial charge in [0.2, 0.25) is 5.56 Å². The average molecular weight is 423 g/mol. The van der Waals surface area contributed by atoms with E-state index < -0.39 is 39.4 Å². The van der Waals surface area contributed by atoms with Gasteiger partial charge in [-0.15, -0.1) is 0 Å². The van der Waals surface area contributed by atoms with Crippen molar-refractivity contribution in [3.05, 3.63) is 40.2 Å². The average Bonchev–Trinajstić information content (AvgIpc) is 2.61. The van der Waals surface area contributed by atoms with E-state index in [1.807, 2.05) is 0 Å². The first-order valence-electron chi connectivity index (χ1n) is 9.30. The molecular formula is C20H25NO7S. The standard InChI is InChI=1S/C20H25NO7S/c1-5-27-19(23)18(20(24)28-6-2)13(4)11-29(25,26)14-7-8-16-15(10-14)12(3)9-17(22)21-16/h7-10,13,18H,5-6,11H2,1-4H3,(H,21,22). The molecule has 1 aromatic heterocycles. The van der Waals surface area contributed by atoms with Crippen LogP contribution in [0.2, 0.25) is 0 Å². The minimum absolute atomic E-state index is 0.0402. The predicted molar refractivity (Wildman–Crippen MR) is 107 cm³/mol. The highest BCUT2D eigenvalue weighted by atomic mass is 32.2. The van der Waals surface area contributed by atoms with Gasteiger partial charge in [0.05, 0.1) is 23.9 Å². The summed E-state index contributed by atoms with van der Waals surface area (Å²) in [6, 6.07) is 5.78. The largest absolute Gasteiger partial charge is 0.465 e. The van der Waals surface area contributed by atoms with Crippen LogP contribution in [-0.2, 0) is 28.9 Å². The normalized spacial score (nSPS) is 12.7. The number of sulfone groups is 1. The number of benzene rings is 1. The molecule has 0 amide bonds. The lowest BCUT2D eigenvalue weighted by molar-refractivity contribution is -0.163. The summed E-state index contributed by atoms with van der Waals surface area (Å²) in [4.78, 5) is 38.7. The van der Waals surface area contributed by atoms with Crippen LogP contribution >= 0.6 is 0 Å². The highest BCUT2D eigenvalue weighted by Gasteiger charge is 2.37. The quantitative estimate of drug-likeness (QED) is 0.509. The molecule has 0 spiro atoms. The van der Waals surface area contributed by atoms with Crippen LogP contribution in [0.5, 0.6) is 0 Å². The molecule has 0 aliphatic rings. The Morgan fingerprint density at radius 2 is 1.66 bits per heavy atom. The van der Waals surface area contributed by atoms with E-state index in [-0.39, 0.29) is 23.7 Å². The molecule has 9 heteroatoms. The van der Waals surface area contributed by atoms with Crippen molar-refractivity contribution < 1.29 is 27.5 Å². The van der Waals surface area contributed by atoms with Crippen molar-refractivity contribution in [3.8, 4) is 0 Å². The maximum absolute atomic E-state index is 13.0. The van der Waals surface area contributed by atoms with Crippen LogP contribution in [-0.4, -0.2) is 44.3 Å². The zero-order chi connectivity index (χ0) is 21.8. The maximum atomic E-state index is 13.0. The number of aryl methyl sites for hydroxylation is 1. The van der Waals surface area contributed by atoms with Crippen LogP contribution in [0, 0.1) is 18.8 Å². The molecule has 1 heterocycles. The Kier molecular flexibility index (Phi) is 7.18. The van der Waals surface area contributed by atoms with Crippen molar-refractivity contribution in [2.75, 3.05) is 19.0 Å². The van der Waals surface area contributed by atoms with Gasteiger partial charge >= 0.3 is 11.9 Å². The van der Waals surface area contributed by atoms with E-state index in [2.05, 4.69) is 4.98 Å². The van der Waals surface area contributed by atoms with E-state index in [1.165, 1.54) is 31.2 Å². The lowest BCUT2D eigenvalue weighted by Crippen LogP contribution is -2.36. The first kappa shape index (κ1) is 22.6. The molecule has 0 fully saturated rings. The molecule has 158 valence electrons. The van der Waals surface area contributed by atoms with Crippen molar-refractivity contribution in [2.45, 2.75) is 32.6 Å². The molecule has 2 aromatic rings. The van der Waals surface area contributed by atoms with Crippen LogP contribution < -0.4 is 5.56 Å². The molecule has 0 radical (unpaired) electrons. The Morgan fingerprint density at radius 1 is 1.07 bits per heavy atom. The Labute approximate surface area is 169 Å². The zero-order valence-corrected chi connectivity index (χ0v) is 17.7. The van der Waals surface area contributed by atoms with Crippen molar-refractivity contribution in [2.24, 2.45) is 11.8 Å². The number of pyridine rings is 1. The molecule has 0 bridgehead atoms. The Hall–Kier alpha value is -2.68. The third-order valence-corrected chi connectivity index (χ3v) is 6.45. The highest BCUT2D eigenvalue weighted by molar-refractivity contribution is 7.91. The number of H-pyrrole nitrogens is 1. The van der Waals surface area contributed by atoms with Gasteiger partial charge in [-0.3, -0.25) is 14.4 Å². The number of aromatic amines is 1. The number of esters is 2. The monoisotopic (exact) mass is 423 g/mol. The van der Waals surface area contributed by atoms with Crippen LogP contribution in [0.4, 0.5) is 0 Å². The lowest BCUT2D eigenvalue weighted by atomic mass is 9.96. The number of ether oxygens (including phenoxy) is 2. The Morgan fingerprint density at radius 3 is 2.21 bits per heavy atom. The number of hydrogen-bond donors (Lipinski definition) is 1. The molecule has 1 unspecified atom stereocenters. The summed E-state index contributed by atoms with van der Waals surface area (Å²) >= 11 is 0. The summed E-state index contributed by atoms with van der Waals surface area (Å²) in [5, 5.41) is 0.602. The van der Waals surface area contributed by atoms with E-state index in [0.29, 0.717) is 16.5 Å². The molecule has 1 aromatic carbocycles. The van der Waals surface area contributed by atoms with Gasteiger partial charge in [0.15, 0.2) is 15.8 Å². The van der Waals surface area contributed by atoms with Gasteiger partial charge in [0, 0.05) is 17.0 Å². The molecule has 29 heavy (non-hydrogen) atoms. The fourth-order valence-electron chi connectivity index (χ4n) is 3.16. The first-order valence-corrected chi connectivity index (χ1v) is 11.0. The van der Waals surface area contributed by atoms with E-state index in [9.17, 15) is 22.8 Å². The fraction of sp³-hybridized carbons (Fsp3) is 0.450. The summed E-state index contributed by atoms with van der Waals surface area (Å²) in [5.41, 5.74) is 0.897. The molecule has 0 aliphatic heterocycles. The van der Waals surface area contributed by atoms with Gasteiger partial charge in [-0.1, -0.05) is 6.92 Å². The third kappa shape index (κ3) is 5.23. The number of carbonyl (C=O) groups is 2. The van der Waals surface area contributed by atoms with Crippen molar-refractivity contribution in [3.63, 3.8) is 0 Å². The van der Waals surface area contributed by atoms with Crippen molar-refractivity contribution in [1.29, 1.82) is 0 Å². The second-order valence-electron chi connectivity index (χ2n) is 6.76. The number of carbonyl (C=O) groups excluding carboxylic acids is 2. The summed E-state index contributed by atoms with van der Waals surface area (Å²) in [6.07, 6.45) is 0. The first-order chi connectivity index (χ1) is 13.6. The minimum atomic E-state index is -3.83. The number of hydrogen-bond acceptors (Lipinski definition) is 7. The maximum Gasteiger partial charge on any atom is 0.320 e. The SMILES string of the molecule is CCOC(=O)C(C(=O)OCC)C(C)CS(=O)(=O)c1ccc2[nH]c(=O)cc(C)c2c1. The molecular weight excluding hydrogens is 398 g/mol. The summed E-state index contributed by atoms with van der Waals surface area (Å²) in [5.74, 6) is -4.24. The summed E-state index contributed by atoms with van der Waals surface area (Å²) in [6.45, 7) is 6.55. The van der Waals surface area contributed by atoms with Gasteiger partial charge in [-0.2, -0.15) is 0 Å². The van der Waals surface area contributed by atoms with Gasteiger partial charge in [0.25, 0.3) is 0 Å². The lowest BCUT2D eigenvalue weighted by Gasteiger charge is -2.21. The van der Waals surface area contributed by atoms with Gasteiger partial charge in [-0.05, 0) is 50.5 Å². The molecule has 8 nitrogen and oxygen atoms in total. The highest BCUT2D eigenvalue weighted by Crippen LogP contribution is 2.25. The smallest absolute Gasteiger partial charge is 0.320 e. The van der Waals surface area contributed by atoms with Crippen molar-refractivity contribution >= 4 is 32.7 Å². The topological polar surface area (TPSA) is 120 Å². The molecule has 0 saturated heterocycles. The Bertz CT molecular complexity index is 1050. The molecule has 0 aliphatic carbocycles. The number of rotatable bonds is 8. The zero-order valence-electron chi connectivity index (χ0n) is 16.9. The van der Waals surface area contributed by atoms with Gasteiger partial charge in [0.1, 0.15) is 0 Å².